The number of fused-ring (bicyclic) bond motifs is 1. The Morgan fingerprint density at radius 1 is 1.02 bits per heavy atom. The van der Waals surface area contributed by atoms with Crippen LogP contribution in [0, 0.1) is 0 Å². The molecule has 3 amide bonds. The van der Waals surface area contributed by atoms with Crippen molar-refractivity contribution in [3.8, 4) is 28.4 Å². The number of hydrogen-bond donors (Lipinski definition) is 4. The smallest absolute Gasteiger partial charge is 0.276 e. The molecule has 2 aromatic carbocycles. The summed E-state index contributed by atoms with van der Waals surface area (Å²) < 4.78 is 19.1. The van der Waals surface area contributed by atoms with Crippen molar-refractivity contribution in [2.75, 3.05) is 39.2 Å². The molecule has 14 nitrogen and oxygen atoms in total. The SMILES string of the molecule is COc1cc(-c2cn(C)c(=O)c3[nH]ncc23)cc(OC)c1CNCC(=O)N1CCC(Oc2ccc(NC3CCC(=O)NC3=O)cc2)CC1. The Balaban J connectivity index is 1.00. The zero-order valence-electron chi connectivity index (χ0n) is 27.1. The Morgan fingerprint density at radius 3 is 2.40 bits per heavy atom. The van der Waals surface area contributed by atoms with E-state index in [0.717, 1.165) is 28.1 Å². The van der Waals surface area contributed by atoms with Crippen molar-refractivity contribution in [3.63, 3.8) is 0 Å². The highest BCUT2D eigenvalue weighted by molar-refractivity contribution is 6.01. The second-order valence-corrected chi connectivity index (χ2v) is 12.0. The number of likely N-dealkylation sites (tertiary alicyclic amines) is 1. The Bertz CT molecular complexity index is 1850. The monoisotopic (exact) mass is 657 g/mol. The van der Waals surface area contributed by atoms with Crippen molar-refractivity contribution in [1.82, 2.24) is 30.3 Å². The van der Waals surface area contributed by atoms with Gasteiger partial charge in [0.15, 0.2) is 0 Å². The molecule has 6 rings (SSSR count). The minimum absolute atomic E-state index is 0.000525. The van der Waals surface area contributed by atoms with Gasteiger partial charge < -0.3 is 34.3 Å². The molecule has 4 N–H and O–H groups in total. The van der Waals surface area contributed by atoms with Gasteiger partial charge in [-0.05, 0) is 48.4 Å². The average molecular weight is 658 g/mol. The van der Waals surface area contributed by atoms with Crippen LogP contribution >= 0.6 is 0 Å². The first-order valence-electron chi connectivity index (χ1n) is 15.9. The predicted octanol–water partition coefficient (Wildman–Crippen LogP) is 2.32. The number of carbonyl (C=O) groups excluding carboxylic acids is 3. The molecule has 14 heteroatoms. The second-order valence-electron chi connectivity index (χ2n) is 12.0. The van der Waals surface area contributed by atoms with E-state index in [2.05, 4.69) is 26.1 Å². The van der Waals surface area contributed by atoms with Crippen molar-refractivity contribution < 1.29 is 28.6 Å². The number of carbonyl (C=O) groups is 3. The number of aryl methyl sites for hydroxylation is 1. The maximum absolute atomic E-state index is 13.1. The van der Waals surface area contributed by atoms with Crippen LogP contribution in [0.1, 0.15) is 31.2 Å². The van der Waals surface area contributed by atoms with Gasteiger partial charge in [-0.1, -0.05) is 0 Å². The lowest BCUT2D eigenvalue weighted by Crippen LogP contribution is -2.47. The van der Waals surface area contributed by atoms with Crippen LogP contribution in [0.25, 0.3) is 22.0 Å². The lowest BCUT2D eigenvalue weighted by Gasteiger charge is -2.32. The number of rotatable bonds is 11. The molecule has 4 aromatic rings. The molecular formula is C34H39N7O7. The summed E-state index contributed by atoms with van der Waals surface area (Å²) in [4.78, 5) is 50.8. The van der Waals surface area contributed by atoms with Crippen molar-refractivity contribution in [3.05, 3.63) is 64.7 Å². The number of aromatic amines is 1. The van der Waals surface area contributed by atoms with Gasteiger partial charge in [0.1, 0.15) is 34.9 Å². The fourth-order valence-electron chi connectivity index (χ4n) is 6.18. The van der Waals surface area contributed by atoms with E-state index in [4.69, 9.17) is 14.2 Å². The van der Waals surface area contributed by atoms with Gasteiger partial charge in [-0.3, -0.25) is 29.6 Å². The largest absolute Gasteiger partial charge is 0.496 e. The number of ether oxygens (including phenoxy) is 3. The third kappa shape index (κ3) is 6.98. The summed E-state index contributed by atoms with van der Waals surface area (Å²) in [7, 11) is 4.86. The molecule has 0 aliphatic carbocycles. The average Bonchev–Trinajstić information content (AvgIpc) is 3.59. The van der Waals surface area contributed by atoms with Crippen LogP contribution in [-0.2, 0) is 28.0 Å². The number of hydrogen-bond acceptors (Lipinski definition) is 10. The van der Waals surface area contributed by atoms with Gasteiger partial charge in [0.2, 0.25) is 17.7 Å². The van der Waals surface area contributed by atoms with E-state index in [1.54, 1.807) is 33.7 Å². The topological polar surface area (TPSA) is 169 Å². The van der Waals surface area contributed by atoms with Crippen LogP contribution in [0.3, 0.4) is 0 Å². The van der Waals surface area contributed by atoms with E-state index in [0.29, 0.717) is 67.7 Å². The zero-order chi connectivity index (χ0) is 33.8. The van der Waals surface area contributed by atoms with Crippen LogP contribution in [0.4, 0.5) is 5.69 Å². The summed E-state index contributed by atoms with van der Waals surface area (Å²) in [5.74, 6) is 1.34. The van der Waals surface area contributed by atoms with Crippen LogP contribution in [0.2, 0.25) is 0 Å². The quantitative estimate of drug-likeness (QED) is 0.176. The molecule has 2 fully saturated rings. The Morgan fingerprint density at radius 2 is 1.73 bits per heavy atom. The first-order valence-corrected chi connectivity index (χ1v) is 15.9. The van der Waals surface area contributed by atoms with Crippen molar-refractivity contribution in [2.45, 2.75) is 44.4 Å². The third-order valence-corrected chi connectivity index (χ3v) is 8.82. The molecule has 48 heavy (non-hydrogen) atoms. The molecule has 0 saturated carbocycles. The lowest BCUT2D eigenvalue weighted by atomic mass is 10.0. The van der Waals surface area contributed by atoms with E-state index in [1.807, 2.05) is 41.3 Å². The minimum Gasteiger partial charge on any atom is -0.496 e. The van der Waals surface area contributed by atoms with Crippen LogP contribution < -0.4 is 35.7 Å². The number of nitrogens with one attached hydrogen (secondary N) is 4. The number of H-pyrrole nitrogens is 1. The van der Waals surface area contributed by atoms with Gasteiger partial charge in [-0.2, -0.15) is 5.10 Å². The lowest BCUT2D eigenvalue weighted by molar-refractivity contribution is -0.134. The highest BCUT2D eigenvalue weighted by atomic mass is 16.5. The van der Waals surface area contributed by atoms with Gasteiger partial charge in [0.25, 0.3) is 5.56 Å². The molecule has 1 atom stereocenters. The zero-order valence-corrected chi connectivity index (χ0v) is 27.1. The maximum atomic E-state index is 13.1. The maximum Gasteiger partial charge on any atom is 0.276 e. The first kappa shape index (κ1) is 32.6. The second kappa shape index (κ2) is 14.2. The number of imide groups is 1. The standard InChI is InChI=1S/C34H39N7O7/c1-40-19-26(24-17-36-39-32(24)34(40)45)20-14-28(46-2)25(29(15-20)47-3)16-35-18-31(43)41-12-10-23(11-13-41)48-22-6-4-21(5-7-22)37-27-8-9-30(42)38-33(27)44/h4-7,14-15,17,19,23,27,35,37H,8-13,16,18H2,1-3H3,(H,36,39)(H,38,42,44). The molecule has 2 aromatic heterocycles. The number of anilines is 1. The van der Waals surface area contributed by atoms with Crippen LogP contribution in [0.5, 0.6) is 17.2 Å². The summed E-state index contributed by atoms with van der Waals surface area (Å²) in [5.41, 5.74) is 3.41. The summed E-state index contributed by atoms with van der Waals surface area (Å²) >= 11 is 0. The van der Waals surface area contributed by atoms with Crippen LogP contribution in [-0.4, -0.2) is 83.4 Å². The molecule has 0 bridgehead atoms. The highest BCUT2D eigenvalue weighted by Gasteiger charge is 2.27. The third-order valence-electron chi connectivity index (χ3n) is 8.82. The normalized spacial score (nSPS) is 16.9. The van der Waals surface area contributed by atoms with Gasteiger partial charge in [0, 0.05) is 74.3 Å². The van der Waals surface area contributed by atoms with E-state index in [1.165, 1.54) is 4.57 Å². The summed E-state index contributed by atoms with van der Waals surface area (Å²) in [6, 6.07) is 10.7. The number of pyridine rings is 1. The van der Waals surface area contributed by atoms with Crippen LogP contribution in [0.15, 0.2) is 53.6 Å². The molecule has 1 unspecified atom stereocenters. The number of nitrogens with zero attached hydrogens (tertiary/aromatic N) is 3. The van der Waals surface area contributed by atoms with E-state index >= 15 is 0 Å². The predicted molar refractivity (Wildman–Crippen MR) is 178 cm³/mol. The molecule has 4 heterocycles. The molecule has 0 radical (unpaired) electrons. The summed E-state index contributed by atoms with van der Waals surface area (Å²) in [6.45, 7) is 1.67. The minimum atomic E-state index is -0.442. The molecule has 0 spiro atoms. The summed E-state index contributed by atoms with van der Waals surface area (Å²) in [6.07, 6.45) is 5.57. The Hall–Kier alpha value is -5.37. The number of amides is 3. The Labute approximate surface area is 276 Å². The molecule has 252 valence electrons. The first-order chi connectivity index (χ1) is 23.2. The molecule has 2 aliphatic heterocycles. The fourth-order valence-corrected chi connectivity index (χ4v) is 6.18. The number of piperidine rings is 2. The number of aromatic nitrogens is 3. The van der Waals surface area contributed by atoms with Crippen molar-refractivity contribution in [1.29, 1.82) is 0 Å². The van der Waals surface area contributed by atoms with Gasteiger partial charge in [0.05, 0.1) is 27.0 Å². The van der Waals surface area contributed by atoms with Crippen molar-refractivity contribution >= 4 is 34.3 Å². The number of methoxy groups -OCH3 is 2. The summed E-state index contributed by atoms with van der Waals surface area (Å²) in [5, 5.41) is 16.3. The van der Waals surface area contributed by atoms with Gasteiger partial charge in [-0.25, -0.2) is 0 Å². The molecule has 2 aliphatic rings. The fraction of sp³-hybridized carbons (Fsp3) is 0.382. The molecular weight excluding hydrogens is 618 g/mol. The van der Waals surface area contributed by atoms with E-state index < -0.39 is 6.04 Å². The Kier molecular flexibility index (Phi) is 9.62. The highest BCUT2D eigenvalue weighted by Crippen LogP contribution is 2.37. The number of benzene rings is 2. The molecule has 2 saturated heterocycles. The van der Waals surface area contributed by atoms with Gasteiger partial charge in [-0.15, -0.1) is 0 Å². The van der Waals surface area contributed by atoms with E-state index in [9.17, 15) is 19.2 Å². The van der Waals surface area contributed by atoms with Crippen molar-refractivity contribution in [2.24, 2.45) is 7.05 Å². The van der Waals surface area contributed by atoms with E-state index in [-0.39, 0.29) is 35.9 Å². The van der Waals surface area contributed by atoms with Gasteiger partial charge >= 0.3 is 0 Å².